The molecule has 1 saturated heterocycles. The fraction of sp³-hybridized carbons (Fsp3) is 0.222. The quantitative estimate of drug-likeness (QED) is 0.847. The number of nitrogens with one attached hydrogen (secondary N) is 1. The molecule has 0 saturated carbocycles. The lowest BCUT2D eigenvalue weighted by molar-refractivity contribution is -0.121. The first-order valence-corrected chi connectivity index (χ1v) is 8.02. The van der Waals surface area contributed by atoms with E-state index in [-0.39, 0.29) is 18.2 Å². The number of hydrogen-bond acceptors (Lipinski definition) is 3. The third kappa shape index (κ3) is 3.63. The smallest absolute Gasteiger partial charge is 0.251 e. The molecule has 0 radical (unpaired) electrons. The van der Waals surface area contributed by atoms with Crippen LogP contribution in [0.15, 0.2) is 48.5 Å². The van der Waals surface area contributed by atoms with Crippen LogP contribution in [0.5, 0.6) is 0 Å². The minimum absolute atomic E-state index is 0.108. The fourth-order valence-corrected chi connectivity index (χ4v) is 2.82. The molecule has 0 aliphatic carbocycles. The zero-order valence-corrected chi connectivity index (χ0v) is 13.6. The second-order valence-electron chi connectivity index (χ2n) is 5.63. The summed E-state index contributed by atoms with van der Waals surface area (Å²) in [6.07, 6.45) is 0.836. The van der Waals surface area contributed by atoms with Crippen LogP contribution in [0.25, 0.3) is 0 Å². The molecule has 124 valence electrons. The van der Waals surface area contributed by atoms with Gasteiger partial charge in [0.15, 0.2) is 0 Å². The first kappa shape index (κ1) is 16.6. The Morgan fingerprint density at radius 3 is 2.42 bits per heavy atom. The average molecular weight is 347 g/mol. The number of nitrogens with zero attached hydrogens (tertiary/aromatic N) is 1. The minimum atomic E-state index is -0.546. The molecular formula is C18H16ClFN2O2. The second kappa shape index (κ2) is 7.11. The van der Waals surface area contributed by atoms with Crippen LogP contribution in [-0.2, 0) is 16.0 Å². The summed E-state index contributed by atoms with van der Waals surface area (Å²) in [4.78, 5) is 25.6. The summed E-state index contributed by atoms with van der Waals surface area (Å²) in [5.74, 6) is -0.992. The molecule has 0 bridgehead atoms. The van der Waals surface area contributed by atoms with Crippen LogP contribution in [0, 0.1) is 5.82 Å². The highest BCUT2D eigenvalue weighted by atomic mass is 35.5. The van der Waals surface area contributed by atoms with Gasteiger partial charge in [-0.2, -0.15) is 0 Å². The molecule has 1 aliphatic rings. The van der Waals surface area contributed by atoms with E-state index in [1.165, 1.54) is 24.3 Å². The topological polar surface area (TPSA) is 49.4 Å². The summed E-state index contributed by atoms with van der Waals surface area (Å²) in [6.45, 7) is 0.572. The molecule has 0 unspecified atom stereocenters. The summed E-state index contributed by atoms with van der Waals surface area (Å²) in [6, 6.07) is 12.3. The zero-order chi connectivity index (χ0) is 17.1. The Balaban J connectivity index is 1.59. The predicted octanol–water partition coefficient (Wildman–Crippen LogP) is 2.94. The average Bonchev–Trinajstić information content (AvgIpc) is 2.85. The SMILES string of the molecule is O=C1C[C@@H](NCCc2ccc(Cl)cc2)C(=O)N1c1ccc(F)cc1. The third-order valence-corrected chi connectivity index (χ3v) is 4.20. The van der Waals surface area contributed by atoms with Crippen LogP contribution >= 0.6 is 11.6 Å². The van der Waals surface area contributed by atoms with E-state index in [1.807, 2.05) is 24.3 Å². The van der Waals surface area contributed by atoms with E-state index in [1.54, 1.807) is 0 Å². The van der Waals surface area contributed by atoms with Gasteiger partial charge in [0.1, 0.15) is 5.82 Å². The molecule has 1 heterocycles. The van der Waals surface area contributed by atoms with Gasteiger partial charge in [-0.1, -0.05) is 23.7 Å². The number of amides is 2. The second-order valence-corrected chi connectivity index (χ2v) is 6.07. The van der Waals surface area contributed by atoms with E-state index >= 15 is 0 Å². The van der Waals surface area contributed by atoms with Gasteiger partial charge >= 0.3 is 0 Å². The first-order chi connectivity index (χ1) is 11.5. The van der Waals surface area contributed by atoms with E-state index in [2.05, 4.69) is 5.32 Å². The van der Waals surface area contributed by atoms with Gasteiger partial charge in [-0.15, -0.1) is 0 Å². The lowest BCUT2D eigenvalue weighted by Gasteiger charge is -2.15. The largest absolute Gasteiger partial charge is 0.305 e. The Hall–Kier alpha value is -2.24. The van der Waals surface area contributed by atoms with Gasteiger partial charge in [0.05, 0.1) is 18.2 Å². The van der Waals surface area contributed by atoms with Crippen LogP contribution in [0.2, 0.25) is 5.02 Å². The number of halogens is 2. The Bertz CT molecular complexity index is 747. The van der Waals surface area contributed by atoms with E-state index in [9.17, 15) is 14.0 Å². The third-order valence-electron chi connectivity index (χ3n) is 3.95. The first-order valence-electron chi connectivity index (χ1n) is 7.65. The van der Waals surface area contributed by atoms with E-state index in [0.717, 1.165) is 16.9 Å². The molecule has 1 atom stereocenters. The maximum absolute atomic E-state index is 13.0. The standard InChI is InChI=1S/C18H16ClFN2O2/c19-13-3-1-12(2-4-13)9-10-21-16-11-17(23)22(18(16)24)15-7-5-14(20)6-8-15/h1-8,16,21H,9-11H2/t16-/m1/s1. The van der Waals surface area contributed by atoms with Gasteiger partial charge < -0.3 is 5.32 Å². The molecule has 24 heavy (non-hydrogen) atoms. The number of imide groups is 1. The summed E-state index contributed by atoms with van der Waals surface area (Å²) >= 11 is 5.84. The number of benzene rings is 2. The predicted molar refractivity (Wildman–Crippen MR) is 90.5 cm³/mol. The molecule has 4 nitrogen and oxygen atoms in total. The number of rotatable bonds is 5. The highest BCUT2D eigenvalue weighted by molar-refractivity contribution is 6.30. The van der Waals surface area contributed by atoms with Gasteiger partial charge in [0, 0.05) is 5.02 Å². The van der Waals surface area contributed by atoms with Crippen molar-refractivity contribution in [3.63, 3.8) is 0 Å². The van der Waals surface area contributed by atoms with Gasteiger partial charge in [0.25, 0.3) is 5.91 Å². The molecular weight excluding hydrogens is 331 g/mol. The zero-order valence-electron chi connectivity index (χ0n) is 12.8. The van der Waals surface area contributed by atoms with E-state index in [0.29, 0.717) is 17.3 Å². The van der Waals surface area contributed by atoms with Gasteiger partial charge in [-0.05, 0) is 54.9 Å². The van der Waals surface area contributed by atoms with Crippen molar-refractivity contribution in [1.82, 2.24) is 5.32 Å². The molecule has 1 aliphatic heterocycles. The Kier molecular flexibility index (Phi) is 4.92. The van der Waals surface area contributed by atoms with Crippen LogP contribution in [0.4, 0.5) is 10.1 Å². The number of anilines is 1. The summed E-state index contributed by atoms with van der Waals surface area (Å²) < 4.78 is 13.0. The van der Waals surface area contributed by atoms with Gasteiger partial charge in [0.2, 0.25) is 5.91 Å². The van der Waals surface area contributed by atoms with Crippen molar-refractivity contribution in [3.05, 3.63) is 64.9 Å². The van der Waals surface area contributed by atoms with Gasteiger partial charge in [-0.3, -0.25) is 9.59 Å². The van der Waals surface area contributed by atoms with Crippen LogP contribution in [0.3, 0.4) is 0 Å². The van der Waals surface area contributed by atoms with Gasteiger partial charge in [-0.25, -0.2) is 9.29 Å². The van der Waals surface area contributed by atoms with Crippen molar-refractivity contribution in [3.8, 4) is 0 Å². The normalized spacial score (nSPS) is 17.6. The molecule has 0 spiro atoms. The number of hydrogen-bond donors (Lipinski definition) is 1. The van der Waals surface area contributed by atoms with Crippen LogP contribution < -0.4 is 10.2 Å². The molecule has 2 amide bonds. The highest BCUT2D eigenvalue weighted by Crippen LogP contribution is 2.23. The van der Waals surface area contributed by atoms with Crippen molar-refractivity contribution in [1.29, 1.82) is 0 Å². The molecule has 1 fully saturated rings. The molecule has 0 aromatic heterocycles. The fourth-order valence-electron chi connectivity index (χ4n) is 2.69. The summed E-state index contributed by atoms with van der Waals surface area (Å²) in [7, 11) is 0. The van der Waals surface area contributed by atoms with Crippen molar-refractivity contribution in [2.45, 2.75) is 18.9 Å². The Morgan fingerprint density at radius 1 is 1.08 bits per heavy atom. The molecule has 2 aromatic carbocycles. The Labute approximate surface area is 144 Å². The molecule has 3 rings (SSSR count). The summed E-state index contributed by atoms with van der Waals surface area (Å²) in [5.41, 5.74) is 1.49. The molecule has 2 aromatic rings. The maximum Gasteiger partial charge on any atom is 0.251 e. The van der Waals surface area contributed by atoms with Crippen molar-refractivity contribution in [2.24, 2.45) is 0 Å². The lowest BCUT2D eigenvalue weighted by Crippen LogP contribution is -2.39. The van der Waals surface area contributed by atoms with Crippen molar-refractivity contribution < 1.29 is 14.0 Å². The lowest BCUT2D eigenvalue weighted by atomic mass is 10.1. The van der Waals surface area contributed by atoms with Crippen LogP contribution in [-0.4, -0.2) is 24.4 Å². The maximum atomic E-state index is 13.0. The Morgan fingerprint density at radius 2 is 1.75 bits per heavy atom. The minimum Gasteiger partial charge on any atom is -0.305 e. The van der Waals surface area contributed by atoms with Crippen LogP contribution in [0.1, 0.15) is 12.0 Å². The highest BCUT2D eigenvalue weighted by Gasteiger charge is 2.39. The van der Waals surface area contributed by atoms with Crippen molar-refractivity contribution in [2.75, 3.05) is 11.4 Å². The van der Waals surface area contributed by atoms with E-state index < -0.39 is 11.9 Å². The van der Waals surface area contributed by atoms with Crippen molar-refractivity contribution >= 4 is 29.1 Å². The van der Waals surface area contributed by atoms with E-state index in [4.69, 9.17) is 11.6 Å². The number of carbonyl (C=O) groups excluding carboxylic acids is 2. The molecule has 6 heteroatoms. The summed E-state index contributed by atoms with van der Waals surface area (Å²) in [5, 5.41) is 3.80. The number of carbonyl (C=O) groups is 2. The molecule has 1 N–H and O–H groups in total. The monoisotopic (exact) mass is 346 g/mol.